The van der Waals surface area contributed by atoms with Gasteiger partial charge in [-0.3, -0.25) is 4.90 Å². The normalized spacial score (nSPS) is 17.7. The molecule has 1 saturated heterocycles. The lowest BCUT2D eigenvalue weighted by molar-refractivity contribution is 0.0756. The second kappa shape index (κ2) is 9.01. The predicted octanol–water partition coefficient (Wildman–Crippen LogP) is 3.14. The third kappa shape index (κ3) is 6.42. The Labute approximate surface area is 123 Å². The van der Waals surface area contributed by atoms with Gasteiger partial charge < -0.3 is 9.64 Å². The van der Waals surface area contributed by atoms with E-state index in [4.69, 9.17) is 4.74 Å². The van der Waals surface area contributed by atoms with E-state index < -0.39 is 0 Å². The van der Waals surface area contributed by atoms with Crippen LogP contribution in [0.3, 0.4) is 0 Å². The summed E-state index contributed by atoms with van der Waals surface area (Å²) >= 11 is 0. The number of nitrogens with zero attached hydrogens (tertiary/aromatic N) is 2. The number of hydrogen-bond donors (Lipinski definition) is 0. The van der Waals surface area contributed by atoms with Gasteiger partial charge in [0.2, 0.25) is 0 Å². The lowest BCUT2D eigenvalue weighted by Gasteiger charge is -2.35. The van der Waals surface area contributed by atoms with Crippen LogP contribution in [0, 0.1) is 5.92 Å². The van der Waals surface area contributed by atoms with Crippen molar-refractivity contribution in [2.45, 2.75) is 40.5 Å². The fourth-order valence-electron chi connectivity index (χ4n) is 2.52. The smallest absolute Gasteiger partial charge is 0.409 e. The predicted molar refractivity (Wildman–Crippen MR) is 82.9 cm³/mol. The van der Waals surface area contributed by atoms with E-state index in [9.17, 15) is 4.79 Å². The van der Waals surface area contributed by atoms with Gasteiger partial charge in [-0.15, -0.1) is 0 Å². The van der Waals surface area contributed by atoms with Crippen molar-refractivity contribution >= 4 is 6.09 Å². The van der Waals surface area contributed by atoms with Crippen molar-refractivity contribution < 1.29 is 9.53 Å². The van der Waals surface area contributed by atoms with Crippen LogP contribution in [0.5, 0.6) is 0 Å². The van der Waals surface area contributed by atoms with Gasteiger partial charge >= 0.3 is 6.09 Å². The highest BCUT2D eigenvalue weighted by atomic mass is 16.6. The molecule has 0 aromatic carbocycles. The zero-order valence-corrected chi connectivity index (χ0v) is 13.5. The highest BCUT2D eigenvalue weighted by Crippen LogP contribution is 2.12. The van der Waals surface area contributed by atoms with Crippen LogP contribution >= 0.6 is 0 Å². The zero-order chi connectivity index (χ0) is 15.0. The summed E-state index contributed by atoms with van der Waals surface area (Å²) in [6, 6.07) is 0. The molecule has 1 heterocycles. The molecular weight excluding hydrogens is 252 g/mol. The third-order valence-corrected chi connectivity index (χ3v) is 3.68. The van der Waals surface area contributed by atoms with Gasteiger partial charge in [-0.1, -0.05) is 18.6 Å². The summed E-state index contributed by atoms with van der Waals surface area (Å²) in [5.41, 5.74) is 1.40. The molecule has 0 aliphatic carbocycles. The number of piperazine rings is 1. The first kappa shape index (κ1) is 17.0. The molecule has 0 N–H and O–H groups in total. The second-order valence-corrected chi connectivity index (χ2v) is 5.95. The van der Waals surface area contributed by atoms with Gasteiger partial charge in [0.25, 0.3) is 0 Å². The Kier molecular flexibility index (Phi) is 7.67. The summed E-state index contributed by atoms with van der Waals surface area (Å²) in [6.07, 6.45) is 4.56. The lowest BCUT2D eigenvalue weighted by Crippen LogP contribution is -2.49. The molecule has 0 bridgehead atoms. The first-order chi connectivity index (χ1) is 9.52. The summed E-state index contributed by atoms with van der Waals surface area (Å²) in [4.78, 5) is 15.9. The molecule has 1 fully saturated rings. The van der Waals surface area contributed by atoms with E-state index in [0.717, 1.165) is 32.7 Å². The molecule has 0 spiro atoms. The van der Waals surface area contributed by atoms with Crippen LogP contribution < -0.4 is 0 Å². The van der Waals surface area contributed by atoms with E-state index in [1.807, 2.05) is 11.8 Å². The maximum absolute atomic E-state index is 11.6. The first-order valence-corrected chi connectivity index (χ1v) is 7.80. The maximum Gasteiger partial charge on any atom is 0.409 e. The Balaban J connectivity index is 2.21. The SMILES string of the molecule is CCOC(=O)N1CCN(C[C@H](C)CCC=C(C)C)CC1. The summed E-state index contributed by atoms with van der Waals surface area (Å²) in [7, 11) is 0. The maximum atomic E-state index is 11.6. The Hall–Kier alpha value is -1.03. The van der Waals surface area contributed by atoms with Crippen molar-refractivity contribution in [3.63, 3.8) is 0 Å². The lowest BCUT2D eigenvalue weighted by atomic mass is 10.0. The Morgan fingerprint density at radius 3 is 2.45 bits per heavy atom. The van der Waals surface area contributed by atoms with Crippen molar-refractivity contribution in [3.05, 3.63) is 11.6 Å². The number of rotatable bonds is 6. The molecule has 1 aliphatic rings. The van der Waals surface area contributed by atoms with Crippen LogP contribution in [0.2, 0.25) is 0 Å². The molecule has 0 radical (unpaired) electrons. The number of ether oxygens (including phenoxy) is 1. The van der Waals surface area contributed by atoms with E-state index in [2.05, 4.69) is 31.7 Å². The topological polar surface area (TPSA) is 32.8 Å². The van der Waals surface area contributed by atoms with Crippen LogP contribution in [0.1, 0.15) is 40.5 Å². The zero-order valence-electron chi connectivity index (χ0n) is 13.5. The molecule has 116 valence electrons. The van der Waals surface area contributed by atoms with Gasteiger partial charge in [-0.2, -0.15) is 0 Å². The van der Waals surface area contributed by atoms with Gasteiger partial charge in [0.1, 0.15) is 0 Å². The van der Waals surface area contributed by atoms with Gasteiger partial charge in [0.05, 0.1) is 6.61 Å². The summed E-state index contributed by atoms with van der Waals surface area (Å²) < 4.78 is 5.04. The highest BCUT2D eigenvalue weighted by Gasteiger charge is 2.22. The number of amides is 1. The molecule has 1 rings (SSSR count). The molecule has 0 unspecified atom stereocenters. The van der Waals surface area contributed by atoms with Gasteiger partial charge in [-0.05, 0) is 39.5 Å². The minimum absolute atomic E-state index is 0.163. The first-order valence-electron chi connectivity index (χ1n) is 7.80. The van der Waals surface area contributed by atoms with Crippen LogP contribution in [-0.2, 0) is 4.74 Å². The summed E-state index contributed by atoms with van der Waals surface area (Å²) in [6.45, 7) is 13.6. The van der Waals surface area contributed by atoms with Crippen molar-refractivity contribution in [2.75, 3.05) is 39.3 Å². The van der Waals surface area contributed by atoms with Crippen molar-refractivity contribution in [2.24, 2.45) is 5.92 Å². The quantitative estimate of drug-likeness (QED) is 0.702. The van der Waals surface area contributed by atoms with Crippen LogP contribution in [0.15, 0.2) is 11.6 Å². The molecule has 1 amide bonds. The molecule has 20 heavy (non-hydrogen) atoms. The van der Waals surface area contributed by atoms with Crippen LogP contribution in [0.25, 0.3) is 0 Å². The van der Waals surface area contributed by atoms with Gasteiger partial charge in [0, 0.05) is 32.7 Å². The summed E-state index contributed by atoms with van der Waals surface area (Å²) in [5.74, 6) is 0.708. The molecule has 0 saturated carbocycles. The Bertz CT molecular complexity index is 316. The van der Waals surface area contributed by atoms with Crippen molar-refractivity contribution in [3.8, 4) is 0 Å². The van der Waals surface area contributed by atoms with E-state index >= 15 is 0 Å². The highest BCUT2D eigenvalue weighted by molar-refractivity contribution is 5.67. The Morgan fingerprint density at radius 1 is 1.25 bits per heavy atom. The largest absolute Gasteiger partial charge is 0.450 e. The molecule has 4 nitrogen and oxygen atoms in total. The van der Waals surface area contributed by atoms with Crippen LogP contribution in [0.4, 0.5) is 4.79 Å². The summed E-state index contributed by atoms with van der Waals surface area (Å²) in [5, 5.41) is 0. The average molecular weight is 282 g/mol. The minimum atomic E-state index is -0.163. The number of hydrogen-bond acceptors (Lipinski definition) is 3. The van der Waals surface area contributed by atoms with Gasteiger partial charge in [-0.25, -0.2) is 4.79 Å². The van der Waals surface area contributed by atoms with Crippen molar-refractivity contribution in [1.82, 2.24) is 9.80 Å². The number of carbonyl (C=O) groups is 1. The van der Waals surface area contributed by atoms with Gasteiger partial charge in [0.15, 0.2) is 0 Å². The molecule has 1 atom stereocenters. The van der Waals surface area contributed by atoms with Crippen molar-refractivity contribution in [1.29, 1.82) is 0 Å². The second-order valence-electron chi connectivity index (χ2n) is 5.95. The standard InChI is InChI=1S/C16H30N2O2/c1-5-20-16(19)18-11-9-17(10-12-18)13-15(4)8-6-7-14(2)3/h7,15H,5-6,8-13H2,1-4H3/t15-/m1/s1. The van der Waals surface area contributed by atoms with E-state index in [1.54, 1.807) is 0 Å². The average Bonchev–Trinajstić information content (AvgIpc) is 2.39. The van der Waals surface area contributed by atoms with E-state index in [1.165, 1.54) is 18.4 Å². The molecule has 0 aromatic heterocycles. The van der Waals surface area contributed by atoms with E-state index in [0.29, 0.717) is 12.5 Å². The molecular formula is C16H30N2O2. The molecule has 4 heteroatoms. The fourth-order valence-corrected chi connectivity index (χ4v) is 2.52. The molecule has 1 aliphatic heterocycles. The van der Waals surface area contributed by atoms with Crippen LogP contribution in [-0.4, -0.2) is 55.2 Å². The fraction of sp³-hybridized carbons (Fsp3) is 0.812. The number of allylic oxidation sites excluding steroid dienone is 2. The minimum Gasteiger partial charge on any atom is -0.450 e. The third-order valence-electron chi connectivity index (χ3n) is 3.68. The monoisotopic (exact) mass is 282 g/mol. The van der Waals surface area contributed by atoms with E-state index in [-0.39, 0.29) is 6.09 Å². The molecule has 0 aromatic rings. The number of carbonyl (C=O) groups excluding carboxylic acids is 1. The Morgan fingerprint density at radius 2 is 1.90 bits per heavy atom.